The standard InChI is InChI=1S/C19H16N2O4S/c22-15-11-12-17(18(23)13-15)19(14-7-3-1-4-8-14)20-21-26(24,25)16-9-5-2-6-10-16/h1-13,21-23H/b20-19-. The average Bonchev–Trinajstić information content (AvgIpc) is 2.65. The van der Waals surface area contributed by atoms with Crippen molar-refractivity contribution in [2.24, 2.45) is 5.10 Å². The molecule has 0 heterocycles. The van der Waals surface area contributed by atoms with Crippen molar-refractivity contribution in [3.63, 3.8) is 0 Å². The van der Waals surface area contributed by atoms with Crippen molar-refractivity contribution in [2.45, 2.75) is 4.90 Å². The number of nitrogens with one attached hydrogen (secondary N) is 1. The third-order valence-electron chi connectivity index (χ3n) is 3.61. The lowest BCUT2D eigenvalue weighted by Crippen LogP contribution is -2.21. The summed E-state index contributed by atoms with van der Waals surface area (Å²) in [6.07, 6.45) is 0. The Kier molecular flexibility index (Phi) is 4.90. The van der Waals surface area contributed by atoms with Crippen LogP contribution in [0, 0.1) is 0 Å². The van der Waals surface area contributed by atoms with Crippen molar-refractivity contribution in [1.29, 1.82) is 0 Å². The Morgan fingerprint density at radius 2 is 1.46 bits per heavy atom. The van der Waals surface area contributed by atoms with Gasteiger partial charge in [0.1, 0.15) is 17.2 Å². The van der Waals surface area contributed by atoms with Gasteiger partial charge >= 0.3 is 0 Å². The molecule has 0 atom stereocenters. The van der Waals surface area contributed by atoms with E-state index in [1.165, 1.54) is 30.3 Å². The number of aromatic hydroxyl groups is 2. The topological polar surface area (TPSA) is 99.0 Å². The molecular weight excluding hydrogens is 352 g/mol. The molecule has 0 unspecified atom stereocenters. The smallest absolute Gasteiger partial charge is 0.276 e. The van der Waals surface area contributed by atoms with Gasteiger partial charge in [-0.25, -0.2) is 0 Å². The Labute approximate surface area is 151 Å². The molecule has 0 aliphatic heterocycles. The number of phenols is 2. The summed E-state index contributed by atoms with van der Waals surface area (Å²) in [5, 5.41) is 23.7. The van der Waals surface area contributed by atoms with Crippen LogP contribution < -0.4 is 4.83 Å². The quantitative estimate of drug-likeness (QED) is 0.476. The zero-order chi connectivity index (χ0) is 18.6. The molecule has 3 aromatic carbocycles. The van der Waals surface area contributed by atoms with E-state index in [1.54, 1.807) is 42.5 Å². The van der Waals surface area contributed by atoms with E-state index in [0.29, 0.717) is 5.56 Å². The Morgan fingerprint density at radius 3 is 2.08 bits per heavy atom. The molecule has 0 aromatic heterocycles. The van der Waals surface area contributed by atoms with Crippen molar-refractivity contribution < 1.29 is 18.6 Å². The minimum atomic E-state index is -3.86. The van der Waals surface area contributed by atoms with E-state index in [0.717, 1.165) is 0 Å². The lowest BCUT2D eigenvalue weighted by atomic mass is 10.0. The zero-order valence-electron chi connectivity index (χ0n) is 13.6. The second-order valence-electron chi connectivity index (χ2n) is 5.44. The van der Waals surface area contributed by atoms with E-state index in [1.807, 2.05) is 6.07 Å². The summed E-state index contributed by atoms with van der Waals surface area (Å²) < 4.78 is 24.8. The van der Waals surface area contributed by atoms with Gasteiger partial charge in [-0.15, -0.1) is 0 Å². The van der Waals surface area contributed by atoms with Crippen molar-refractivity contribution >= 4 is 15.7 Å². The second-order valence-corrected chi connectivity index (χ2v) is 7.10. The Morgan fingerprint density at radius 1 is 0.846 bits per heavy atom. The second kappa shape index (κ2) is 7.28. The summed E-state index contributed by atoms with van der Waals surface area (Å²) in [5.74, 6) is -0.324. The number of benzene rings is 3. The van der Waals surface area contributed by atoms with E-state index in [9.17, 15) is 18.6 Å². The van der Waals surface area contributed by atoms with Crippen LogP contribution in [0.2, 0.25) is 0 Å². The Balaban J connectivity index is 2.05. The maximum atomic E-state index is 12.4. The molecule has 3 aromatic rings. The highest BCUT2D eigenvalue weighted by Gasteiger charge is 2.16. The molecule has 0 saturated carbocycles. The number of nitrogens with zero attached hydrogens (tertiary/aromatic N) is 1. The number of sulfonamides is 1. The van der Waals surface area contributed by atoms with E-state index in [2.05, 4.69) is 9.93 Å². The molecular formula is C19H16N2O4S. The lowest BCUT2D eigenvalue weighted by Gasteiger charge is -2.11. The van der Waals surface area contributed by atoms with Gasteiger partial charge in [0.15, 0.2) is 0 Å². The van der Waals surface area contributed by atoms with Gasteiger partial charge in [0, 0.05) is 17.2 Å². The largest absolute Gasteiger partial charge is 0.508 e. The molecule has 0 bridgehead atoms. The monoisotopic (exact) mass is 368 g/mol. The number of rotatable bonds is 5. The van der Waals surface area contributed by atoms with Crippen molar-refractivity contribution in [1.82, 2.24) is 4.83 Å². The Bertz CT molecular complexity index is 1030. The molecule has 0 aliphatic carbocycles. The highest BCUT2D eigenvalue weighted by atomic mass is 32.2. The van der Waals surface area contributed by atoms with Crippen LogP contribution in [0.15, 0.2) is 88.9 Å². The predicted molar refractivity (Wildman–Crippen MR) is 98.6 cm³/mol. The molecule has 0 spiro atoms. The minimum absolute atomic E-state index is 0.0751. The molecule has 26 heavy (non-hydrogen) atoms. The Hall–Kier alpha value is -3.32. The maximum Gasteiger partial charge on any atom is 0.276 e. The van der Waals surface area contributed by atoms with Crippen molar-refractivity contribution in [3.05, 3.63) is 90.0 Å². The van der Waals surface area contributed by atoms with E-state index in [4.69, 9.17) is 0 Å². The van der Waals surface area contributed by atoms with E-state index < -0.39 is 10.0 Å². The summed E-state index contributed by atoms with van der Waals surface area (Å²) in [6.45, 7) is 0. The van der Waals surface area contributed by atoms with E-state index >= 15 is 0 Å². The summed E-state index contributed by atoms with van der Waals surface area (Å²) in [5.41, 5.74) is 1.11. The van der Waals surface area contributed by atoms with Gasteiger partial charge in [0.05, 0.1) is 4.90 Å². The van der Waals surface area contributed by atoms with Gasteiger partial charge < -0.3 is 10.2 Å². The van der Waals surface area contributed by atoms with Crippen LogP contribution in [0.5, 0.6) is 11.5 Å². The van der Waals surface area contributed by atoms with Crippen LogP contribution in [-0.2, 0) is 10.0 Å². The van der Waals surface area contributed by atoms with Crippen LogP contribution in [0.25, 0.3) is 0 Å². The number of hydrogen-bond donors (Lipinski definition) is 3. The lowest BCUT2D eigenvalue weighted by molar-refractivity contribution is 0.450. The van der Waals surface area contributed by atoms with Gasteiger partial charge in [-0.1, -0.05) is 48.5 Å². The summed E-state index contributed by atoms with van der Waals surface area (Å²) in [4.78, 5) is 2.28. The van der Waals surface area contributed by atoms with Crippen LogP contribution >= 0.6 is 0 Å². The first-order chi connectivity index (χ1) is 12.5. The normalized spacial score (nSPS) is 11.9. The first-order valence-corrected chi connectivity index (χ1v) is 9.18. The number of phenolic OH excluding ortho intramolecular Hbond substituents is 2. The van der Waals surface area contributed by atoms with Gasteiger partial charge in [0.25, 0.3) is 10.0 Å². The molecule has 6 nitrogen and oxygen atoms in total. The third-order valence-corrected chi connectivity index (χ3v) is 4.84. The van der Waals surface area contributed by atoms with E-state index in [-0.39, 0.29) is 27.7 Å². The van der Waals surface area contributed by atoms with Crippen LogP contribution in [0.3, 0.4) is 0 Å². The van der Waals surface area contributed by atoms with Crippen molar-refractivity contribution in [3.8, 4) is 11.5 Å². The first kappa shape index (κ1) is 17.5. The van der Waals surface area contributed by atoms with Crippen LogP contribution in [-0.4, -0.2) is 24.3 Å². The third kappa shape index (κ3) is 3.84. The molecule has 0 aliphatic rings. The highest BCUT2D eigenvalue weighted by Crippen LogP contribution is 2.25. The first-order valence-electron chi connectivity index (χ1n) is 7.70. The fourth-order valence-corrected chi connectivity index (χ4v) is 3.19. The number of hydrogen-bond acceptors (Lipinski definition) is 5. The highest BCUT2D eigenvalue weighted by molar-refractivity contribution is 7.89. The van der Waals surface area contributed by atoms with Gasteiger partial charge in [-0.2, -0.15) is 18.4 Å². The van der Waals surface area contributed by atoms with Gasteiger partial charge in [-0.3, -0.25) is 0 Å². The number of hydrazone groups is 1. The van der Waals surface area contributed by atoms with Crippen LogP contribution in [0.4, 0.5) is 0 Å². The average molecular weight is 368 g/mol. The molecule has 0 radical (unpaired) electrons. The molecule has 0 amide bonds. The molecule has 0 fully saturated rings. The molecule has 3 N–H and O–H groups in total. The fraction of sp³-hybridized carbons (Fsp3) is 0. The van der Waals surface area contributed by atoms with Crippen LogP contribution in [0.1, 0.15) is 11.1 Å². The molecule has 132 valence electrons. The molecule has 0 saturated heterocycles. The molecule has 3 rings (SSSR count). The van der Waals surface area contributed by atoms with Gasteiger partial charge in [0.2, 0.25) is 0 Å². The van der Waals surface area contributed by atoms with Crippen molar-refractivity contribution in [2.75, 3.05) is 0 Å². The maximum absolute atomic E-state index is 12.4. The SMILES string of the molecule is O=S(=O)(N/N=C(/c1ccccc1)c1ccc(O)cc1O)c1ccccc1. The fourth-order valence-electron chi connectivity index (χ4n) is 2.35. The summed E-state index contributed by atoms with van der Waals surface area (Å²) in [6, 6.07) is 20.7. The van der Waals surface area contributed by atoms with Gasteiger partial charge in [-0.05, 0) is 24.3 Å². The zero-order valence-corrected chi connectivity index (χ0v) is 14.4. The summed E-state index contributed by atoms with van der Waals surface area (Å²) in [7, 11) is -3.86. The predicted octanol–water partition coefficient (Wildman–Crippen LogP) is 2.83. The minimum Gasteiger partial charge on any atom is -0.508 e. The summed E-state index contributed by atoms with van der Waals surface area (Å²) >= 11 is 0. The molecule has 7 heteroatoms.